The van der Waals surface area contributed by atoms with Crippen molar-refractivity contribution in [1.82, 2.24) is 15.2 Å². The molecule has 3 amide bonds. The van der Waals surface area contributed by atoms with E-state index in [0.29, 0.717) is 6.42 Å². The summed E-state index contributed by atoms with van der Waals surface area (Å²) in [6.45, 7) is -0.706. The number of carbonyl (C=O) groups excluding carboxylic acids is 2. The first-order chi connectivity index (χ1) is 18.5. The first kappa shape index (κ1) is 29.9. The van der Waals surface area contributed by atoms with E-state index in [2.05, 4.69) is 20.1 Å². The number of hydrogen-bond donors (Lipinski definition) is 4. The third-order valence-corrected chi connectivity index (χ3v) is 6.31. The van der Waals surface area contributed by atoms with Crippen LogP contribution in [0.3, 0.4) is 0 Å². The molecule has 2 aromatic carbocycles. The zero-order chi connectivity index (χ0) is 28.4. The number of carbonyl (C=O) groups is 2. The summed E-state index contributed by atoms with van der Waals surface area (Å²) in [6, 6.07) is 11.5. The number of pyridine rings is 1. The van der Waals surface area contributed by atoms with Crippen molar-refractivity contribution in [1.29, 1.82) is 0 Å². The van der Waals surface area contributed by atoms with E-state index in [1.54, 1.807) is 12.3 Å². The number of fused-ring (bicyclic) bond motifs is 1. The fourth-order valence-corrected chi connectivity index (χ4v) is 4.03. The number of benzene rings is 2. The fraction of sp³-hybridized carbons (Fsp3) is 0.320. The second-order valence-electron chi connectivity index (χ2n) is 8.60. The maximum absolute atomic E-state index is 13.9. The van der Waals surface area contributed by atoms with Crippen LogP contribution in [0.2, 0.25) is 0 Å². The molecule has 0 fully saturated rings. The van der Waals surface area contributed by atoms with Gasteiger partial charge in [-0.1, -0.05) is 36.4 Å². The van der Waals surface area contributed by atoms with Crippen molar-refractivity contribution in [3.8, 4) is 0 Å². The minimum Gasteiger partial charge on any atom is -0.447 e. The molecule has 0 spiro atoms. The predicted octanol–water partition coefficient (Wildman–Crippen LogP) is 4.55. The lowest BCUT2D eigenvalue weighted by molar-refractivity contribution is 0.111. The summed E-state index contributed by atoms with van der Waals surface area (Å²) < 4.78 is 48.0. The molecule has 1 aromatic heterocycles. The molecule has 0 aliphatic heterocycles. The average Bonchev–Trinajstić information content (AvgIpc) is 2.89. The summed E-state index contributed by atoms with van der Waals surface area (Å²) in [4.78, 5) is 48.2. The molecule has 0 aliphatic carbocycles. The van der Waals surface area contributed by atoms with E-state index in [4.69, 9.17) is 14.5 Å². The van der Waals surface area contributed by atoms with Gasteiger partial charge in [-0.3, -0.25) is 9.84 Å². The molecule has 210 valence electrons. The maximum Gasteiger partial charge on any atom is 0.469 e. The number of unbranched alkanes of at least 4 members (excludes halogenated alkanes) is 1. The lowest BCUT2D eigenvalue weighted by Gasteiger charge is -2.28. The molecule has 0 aliphatic rings. The normalized spacial score (nSPS) is 12.1. The number of phosphoric acid groups is 1. The number of phosphoric ester groups is 1. The number of rotatable bonds is 12. The van der Waals surface area contributed by atoms with Crippen LogP contribution in [0.1, 0.15) is 24.8 Å². The van der Waals surface area contributed by atoms with E-state index in [-0.39, 0.29) is 44.0 Å². The zero-order valence-corrected chi connectivity index (χ0v) is 21.9. The highest BCUT2D eigenvalue weighted by atomic mass is 31.2. The molecule has 3 aromatic rings. The summed E-state index contributed by atoms with van der Waals surface area (Å²) in [5, 5.41) is 6.79. The summed E-state index contributed by atoms with van der Waals surface area (Å²) in [7, 11) is -3.16. The fourth-order valence-electron chi connectivity index (χ4n) is 3.67. The zero-order valence-electron chi connectivity index (χ0n) is 21.0. The van der Waals surface area contributed by atoms with Gasteiger partial charge < -0.3 is 24.7 Å². The molecule has 39 heavy (non-hydrogen) atoms. The van der Waals surface area contributed by atoms with Crippen molar-refractivity contribution >= 4 is 36.5 Å². The lowest BCUT2D eigenvalue weighted by Crippen LogP contribution is -2.46. The highest BCUT2D eigenvalue weighted by Crippen LogP contribution is 2.35. The van der Waals surface area contributed by atoms with Crippen molar-refractivity contribution in [2.75, 3.05) is 25.6 Å². The van der Waals surface area contributed by atoms with Crippen molar-refractivity contribution in [2.24, 2.45) is 0 Å². The van der Waals surface area contributed by atoms with Crippen LogP contribution in [0.15, 0.2) is 54.7 Å². The van der Waals surface area contributed by atoms with Gasteiger partial charge in [-0.05, 0) is 36.8 Å². The SMILES string of the molecule is CN(C(=O)NCc1cccc(F)c1F)[C@@H](CCCCOP(=O)(O)O)COC(=O)Nc1cc2ccccc2cn1. The first-order valence-corrected chi connectivity index (χ1v) is 13.5. The number of aromatic nitrogens is 1. The molecule has 0 saturated heterocycles. The molecular weight excluding hydrogens is 537 g/mol. The van der Waals surface area contributed by atoms with Crippen LogP contribution < -0.4 is 10.6 Å². The molecule has 1 atom stereocenters. The number of urea groups is 1. The van der Waals surface area contributed by atoms with Crippen molar-refractivity contribution in [3.63, 3.8) is 0 Å². The quantitative estimate of drug-likeness (QED) is 0.184. The van der Waals surface area contributed by atoms with E-state index < -0.39 is 37.6 Å². The standard InChI is InChI=1S/C25H29F2N4O7P/c1-31(24(32)29-15-19-9-6-11-21(26)23(19)27)20(10-4-5-12-38-39(34,35)36)16-37-25(33)30-22-13-17-7-2-3-8-18(17)14-28-22/h2-3,6-9,11,13-14,20H,4-5,10,12,15-16H2,1H3,(H,29,32)(H,28,30,33)(H2,34,35,36)/t20-/m0/s1. The molecule has 4 N–H and O–H groups in total. The minimum absolute atomic E-state index is 0.0404. The Morgan fingerprint density at radius 1 is 1.10 bits per heavy atom. The molecule has 3 rings (SSSR count). The Hall–Kier alpha value is -3.64. The monoisotopic (exact) mass is 566 g/mol. The second kappa shape index (κ2) is 13.9. The van der Waals surface area contributed by atoms with Crippen LogP contribution in [-0.2, 0) is 20.4 Å². The third-order valence-electron chi connectivity index (χ3n) is 5.79. The molecular formula is C25H29F2N4O7P. The molecule has 0 saturated carbocycles. The third kappa shape index (κ3) is 9.56. The molecule has 0 bridgehead atoms. The van der Waals surface area contributed by atoms with Crippen LogP contribution in [-0.4, -0.2) is 58.1 Å². The van der Waals surface area contributed by atoms with Crippen molar-refractivity contribution in [3.05, 3.63) is 71.9 Å². The van der Waals surface area contributed by atoms with Gasteiger partial charge in [0.05, 0.1) is 12.6 Å². The highest BCUT2D eigenvalue weighted by molar-refractivity contribution is 7.46. The maximum atomic E-state index is 13.9. The Morgan fingerprint density at radius 3 is 2.59 bits per heavy atom. The number of halogens is 2. The van der Waals surface area contributed by atoms with Gasteiger partial charge in [0.2, 0.25) is 0 Å². The summed E-state index contributed by atoms with van der Waals surface area (Å²) in [5.74, 6) is -1.83. The highest BCUT2D eigenvalue weighted by Gasteiger charge is 2.23. The van der Waals surface area contributed by atoms with Crippen molar-refractivity contribution in [2.45, 2.75) is 31.8 Å². The Bertz CT molecular complexity index is 1340. The first-order valence-electron chi connectivity index (χ1n) is 12.0. The Morgan fingerprint density at radius 2 is 1.85 bits per heavy atom. The van der Waals surface area contributed by atoms with Gasteiger partial charge in [-0.15, -0.1) is 0 Å². The smallest absolute Gasteiger partial charge is 0.447 e. The van der Waals surface area contributed by atoms with E-state index in [0.717, 1.165) is 16.8 Å². The van der Waals surface area contributed by atoms with Gasteiger partial charge in [-0.2, -0.15) is 0 Å². The lowest BCUT2D eigenvalue weighted by atomic mass is 10.1. The minimum atomic E-state index is -4.60. The van der Waals surface area contributed by atoms with Gasteiger partial charge in [0.1, 0.15) is 12.4 Å². The van der Waals surface area contributed by atoms with Gasteiger partial charge >= 0.3 is 19.9 Å². The van der Waals surface area contributed by atoms with Gasteiger partial charge in [0.25, 0.3) is 0 Å². The number of amides is 3. The number of ether oxygens (including phenoxy) is 1. The van der Waals surface area contributed by atoms with Gasteiger partial charge in [-0.25, -0.2) is 27.9 Å². The van der Waals surface area contributed by atoms with E-state index in [9.17, 15) is 22.9 Å². The molecule has 11 nitrogen and oxygen atoms in total. The summed E-state index contributed by atoms with van der Waals surface area (Å²) >= 11 is 0. The number of anilines is 1. The average molecular weight is 566 g/mol. The van der Waals surface area contributed by atoms with Crippen LogP contribution in [0.25, 0.3) is 10.8 Å². The van der Waals surface area contributed by atoms with E-state index in [1.807, 2.05) is 24.3 Å². The van der Waals surface area contributed by atoms with Crippen molar-refractivity contribution < 1.29 is 42.0 Å². The molecule has 0 unspecified atom stereocenters. The van der Waals surface area contributed by atoms with Crippen LogP contribution in [0.5, 0.6) is 0 Å². The van der Waals surface area contributed by atoms with Gasteiger partial charge in [0.15, 0.2) is 11.6 Å². The predicted molar refractivity (Wildman–Crippen MR) is 139 cm³/mol. The van der Waals surface area contributed by atoms with Crippen LogP contribution >= 0.6 is 7.82 Å². The topological polar surface area (TPSA) is 150 Å². The molecule has 0 radical (unpaired) electrons. The van der Waals surface area contributed by atoms with E-state index in [1.165, 1.54) is 24.1 Å². The Labute approximate surface area is 223 Å². The number of nitrogens with zero attached hydrogens (tertiary/aromatic N) is 2. The molecule has 14 heteroatoms. The largest absolute Gasteiger partial charge is 0.469 e. The number of likely N-dealkylation sites (N-methyl/N-ethyl adjacent to an activating group) is 1. The van der Waals surface area contributed by atoms with E-state index >= 15 is 0 Å². The second-order valence-corrected chi connectivity index (χ2v) is 9.84. The Kier molecular flexibility index (Phi) is 10.7. The number of nitrogens with one attached hydrogen (secondary N) is 2. The number of hydrogen-bond acceptors (Lipinski definition) is 6. The summed E-state index contributed by atoms with van der Waals surface area (Å²) in [6.07, 6.45) is 1.72. The van der Waals surface area contributed by atoms with Crippen LogP contribution in [0, 0.1) is 11.6 Å². The van der Waals surface area contributed by atoms with Gasteiger partial charge in [0, 0.05) is 30.7 Å². The molecule has 1 heterocycles. The summed E-state index contributed by atoms with van der Waals surface area (Å²) in [5.41, 5.74) is -0.0404. The van der Waals surface area contributed by atoms with Crippen LogP contribution in [0.4, 0.5) is 24.2 Å². The Balaban J connectivity index is 1.58.